The second-order valence-corrected chi connectivity index (χ2v) is 5.47. The topological polar surface area (TPSA) is 49.7 Å². The molecule has 0 spiro atoms. The number of carboxylic acid groups (broad SMARTS) is 1. The molecular formula is C14H16ClNO2. The first-order valence-electron chi connectivity index (χ1n) is 6.04. The van der Waals surface area contributed by atoms with E-state index in [9.17, 15) is 9.90 Å². The molecule has 3 nitrogen and oxygen atoms in total. The Morgan fingerprint density at radius 2 is 2.11 bits per heavy atom. The van der Waals surface area contributed by atoms with Gasteiger partial charge in [-0.25, -0.2) is 4.79 Å². The zero-order chi connectivity index (χ0) is 13.2. The number of rotatable bonds is 5. The molecule has 1 fully saturated rings. The van der Waals surface area contributed by atoms with E-state index >= 15 is 0 Å². The number of carbonyl (C=O) groups is 1. The van der Waals surface area contributed by atoms with Gasteiger partial charge < -0.3 is 5.11 Å². The van der Waals surface area contributed by atoms with E-state index in [-0.39, 0.29) is 0 Å². The molecule has 18 heavy (non-hydrogen) atoms. The van der Waals surface area contributed by atoms with E-state index in [1.54, 1.807) is 25.3 Å². The minimum absolute atomic E-state index is 0.522. The standard InChI is InChI=1S/C14H16ClNO2/c1-14(13(17)18,8-10-2-3-10)16-9-11-4-6-12(15)7-5-11/h4-7,9-10H,2-3,8H2,1H3,(H,17,18)/t14-/m1/s1. The molecule has 0 bridgehead atoms. The zero-order valence-electron chi connectivity index (χ0n) is 10.3. The normalized spacial score (nSPS) is 18.8. The molecule has 0 saturated heterocycles. The van der Waals surface area contributed by atoms with Crippen molar-refractivity contribution in [2.24, 2.45) is 10.9 Å². The Morgan fingerprint density at radius 3 is 2.61 bits per heavy atom. The van der Waals surface area contributed by atoms with E-state index in [1.165, 1.54) is 0 Å². The van der Waals surface area contributed by atoms with Crippen LogP contribution in [0.1, 0.15) is 31.7 Å². The predicted molar refractivity (Wildman–Crippen MR) is 72.4 cm³/mol. The molecule has 96 valence electrons. The van der Waals surface area contributed by atoms with Gasteiger partial charge in [0.2, 0.25) is 0 Å². The third-order valence-corrected chi connectivity index (χ3v) is 3.46. The second-order valence-electron chi connectivity index (χ2n) is 5.04. The van der Waals surface area contributed by atoms with Crippen molar-refractivity contribution >= 4 is 23.8 Å². The summed E-state index contributed by atoms with van der Waals surface area (Å²) in [6.07, 6.45) is 4.48. The molecule has 0 radical (unpaired) electrons. The Labute approximate surface area is 111 Å². The van der Waals surface area contributed by atoms with Crippen molar-refractivity contribution in [2.75, 3.05) is 0 Å². The van der Waals surface area contributed by atoms with Gasteiger partial charge >= 0.3 is 5.97 Å². The molecule has 0 unspecified atom stereocenters. The summed E-state index contributed by atoms with van der Waals surface area (Å²) in [6.45, 7) is 1.68. The van der Waals surface area contributed by atoms with Crippen molar-refractivity contribution < 1.29 is 9.90 Å². The summed E-state index contributed by atoms with van der Waals surface area (Å²) in [4.78, 5) is 15.6. The minimum atomic E-state index is -1.01. The molecule has 1 atom stereocenters. The van der Waals surface area contributed by atoms with Crippen molar-refractivity contribution in [3.8, 4) is 0 Å². The van der Waals surface area contributed by atoms with E-state index in [2.05, 4.69) is 4.99 Å². The highest BCUT2D eigenvalue weighted by Crippen LogP contribution is 2.38. The van der Waals surface area contributed by atoms with Gasteiger partial charge in [0.15, 0.2) is 5.54 Å². The van der Waals surface area contributed by atoms with Crippen LogP contribution in [0.25, 0.3) is 0 Å². The highest BCUT2D eigenvalue weighted by molar-refractivity contribution is 6.30. The first kappa shape index (κ1) is 13.1. The zero-order valence-corrected chi connectivity index (χ0v) is 11.0. The average Bonchev–Trinajstić information content (AvgIpc) is 3.12. The SMILES string of the molecule is C[C@](CC1CC1)(N=Cc1ccc(Cl)cc1)C(=O)O. The number of halogens is 1. The van der Waals surface area contributed by atoms with Crippen molar-refractivity contribution in [1.29, 1.82) is 0 Å². The molecule has 0 heterocycles. The van der Waals surface area contributed by atoms with Crippen molar-refractivity contribution in [2.45, 2.75) is 31.7 Å². The van der Waals surface area contributed by atoms with Crippen LogP contribution in [0, 0.1) is 5.92 Å². The monoisotopic (exact) mass is 265 g/mol. The molecular weight excluding hydrogens is 250 g/mol. The molecule has 0 aromatic heterocycles. The summed E-state index contributed by atoms with van der Waals surface area (Å²) < 4.78 is 0. The summed E-state index contributed by atoms with van der Waals surface area (Å²) >= 11 is 5.79. The van der Waals surface area contributed by atoms with E-state index in [0.717, 1.165) is 18.4 Å². The third kappa shape index (κ3) is 3.33. The quantitative estimate of drug-likeness (QED) is 0.830. The van der Waals surface area contributed by atoms with Gasteiger partial charge in [-0.1, -0.05) is 36.6 Å². The molecule has 1 saturated carbocycles. The fourth-order valence-corrected chi connectivity index (χ4v) is 1.97. The van der Waals surface area contributed by atoms with Gasteiger partial charge in [-0.15, -0.1) is 0 Å². The molecule has 4 heteroatoms. The second kappa shape index (κ2) is 5.11. The number of hydrogen-bond acceptors (Lipinski definition) is 2. The number of aliphatic imine (C=N–C) groups is 1. The van der Waals surface area contributed by atoms with Gasteiger partial charge in [0.1, 0.15) is 0 Å². The van der Waals surface area contributed by atoms with Crippen LogP contribution in [0.3, 0.4) is 0 Å². The van der Waals surface area contributed by atoms with Crippen LogP contribution >= 0.6 is 11.6 Å². The highest BCUT2D eigenvalue weighted by atomic mass is 35.5. The van der Waals surface area contributed by atoms with E-state index in [0.29, 0.717) is 17.4 Å². The predicted octanol–water partition coefficient (Wildman–Crippen LogP) is 3.40. The highest BCUT2D eigenvalue weighted by Gasteiger charge is 2.38. The van der Waals surface area contributed by atoms with Crippen molar-refractivity contribution in [3.05, 3.63) is 34.9 Å². The molecule has 0 amide bonds. The van der Waals surface area contributed by atoms with E-state index in [1.807, 2.05) is 12.1 Å². The number of carboxylic acids is 1. The number of nitrogens with zero attached hydrogens (tertiary/aromatic N) is 1. The molecule has 1 aromatic rings. The maximum Gasteiger partial charge on any atom is 0.331 e. The van der Waals surface area contributed by atoms with Crippen LogP contribution in [0.15, 0.2) is 29.3 Å². The van der Waals surface area contributed by atoms with Crippen LogP contribution in [-0.2, 0) is 4.79 Å². The van der Waals surface area contributed by atoms with Gasteiger partial charge in [-0.3, -0.25) is 4.99 Å². The maximum atomic E-state index is 11.3. The number of hydrogen-bond donors (Lipinski definition) is 1. The average molecular weight is 266 g/mol. The largest absolute Gasteiger partial charge is 0.479 e. The van der Waals surface area contributed by atoms with Gasteiger partial charge in [0, 0.05) is 11.2 Å². The van der Waals surface area contributed by atoms with Crippen LogP contribution in [-0.4, -0.2) is 22.8 Å². The Morgan fingerprint density at radius 1 is 1.50 bits per heavy atom. The van der Waals surface area contributed by atoms with Gasteiger partial charge in [-0.05, 0) is 37.0 Å². The maximum absolute atomic E-state index is 11.3. The first-order valence-corrected chi connectivity index (χ1v) is 6.41. The summed E-state index contributed by atoms with van der Waals surface area (Å²) in [6, 6.07) is 7.18. The minimum Gasteiger partial charge on any atom is -0.479 e. The Balaban J connectivity index is 2.12. The lowest BCUT2D eigenvalue weighted by Crippen LogP contribution is -2.33. The Kier molecular flexibility index (Phi) is 3.71. The lowest BCUT2D eigenvalue weighted by molar-refractivity contribution is -0.142. The van der Waals surface area contributed by atoms with Crippen molar-refractivity contribution in [3.63, 3.8) is 0 Å². The Hall–Kier alpha value is -1.35. The van der Waals surface area contributed by atoms with E-state index in [4.69, 9.17) is 11.6 Å². The molecule has 1 aliphatic carbocycles. The lowest BCUT2D eigenvalue weighted by Gasteiger charge is -2.19. The molecule has 1 aromatic carbocycles. The third-order valence-electron chi connectivity index (χ3n) is 3.21. The number of benzene rings is 1. The first-order chi connectivity index (χ1) is 8.49. The van der Waals surface area contributed by atoms with Crippen LogP contribution in [0.5, 0.6) is 0 Å². The smallest absolute Gasteiger partial charge is 0.331 e. The number of aliphatic carboxylic acids is 1. The fraction of sp³-hybridized carbons (Fsp3) is 0.429. The summed E-state index contributed by atoms with van der Waals surface area (Å²) in [7, 11) is 0. The molecule has 0 aliphatic heterocycles. The molecule has 1 N–H and O–H groups in total. The Bertz CT molecular complexity index is 465. The van der Waals surface area contributed by atoms with Crippen LogP contribution in [0.2, 0.25) is 5.02 Å². The van der Waals surface area contributed by atoms with Gasteiger partial charge in [-0.2, -0.15) is 0 Å². The summed E-state index contributed by atoms with van der Waals surface area (Å²) in [5, 5.41) is 9.95. The van der Waals surface area contributed by atoms with E-state index < -0.39 is 11.5 Å². The van der Waals surface area contributed by atoms with Crippen LogP contribution in [0.4, 0.5) is 0 Å². The van der Waals surface area contributed by atoms with Crippen molar-refractivity contribution in [1.82, 2.24) is 0 Å². The fourth-order valence-electron chi connectivity index (χ4n) is 1.85. The molecule has 1 aliphatic rings. The van der Waals surface area contributed by atoms with Gasteiger partial charge in [0.25, 0.3) is 0 Å². The summed E-state index contributed by atoms with van der Waals surface area (Å²) in [5.74, 6) is -0.340. The van der Waals surface area contributed by atoms with Gasteiger partial charge in [0.05, 0.1) is 0 Å². The van der Waals surface area contributed by atoms with Crippen LogP contribution < -0.4 is 0 Å². The molecule has 2 rings (SSSR count). The summed E-state index contributed by atoms with van der Waals surface area (Å²) in [5.41, 5.74) is -0.150. The lowest BCUT2D eigenvalue weighted by atomic mass is 9.96.